The fourth-order valence-corrected chi connectivity index (χ4v) is 7.31. The van der Waals surface area contributed by atoms with Crippen molar-refractivity contribution in [3.05, 3.63) is 134 Å². The van der Waals surface area contributed by atoms with Crippen molar-refractivity contribution in [2.45, 2.75) is 0 Å². The molecule has 0 bridgehead atoms. The van der Waals surface area contributed by atoms with Crippen LogP contribution >= 0.6 is 0 Å². The molecule has 0 saturated heterocycles. The largest absolute Gasteiger partial charge is 0.309 e. The van der Waals surface area contributed by atoms with E-state index in [1.807, 2.05) is 6.20 Å². The van der Waals surface area contributed by atoms with Crippen molar-refractivity contribution in [3.63, 3.8) is 0 Å². The van der Waals surface area contributed by atoms with E-state index in [2.05, 4.69) is 140 Å². The lowest BCUT2D eigenvalue weighted by molar-refractivity contribution is 1.16. The van der Waals surface area contributed by atoms with E-state index in [1.54, 1.807) is 6.33 Å². The Morgan fingerprint density at radius 2 is 1.10 bits per heavy atom. The first-order chi connectivity index (χ1) is 20.9. The summed E-state index contributed by atoms with van der Waals surface area (Å²) < 4.78 is 4.84. The molecule has 0 atom stereocenters. The van der Waals surface area contributed by atoms with Crippen LogP contribution in [0.1, 0.15) is 0 Å². The highest BCUT2D eigenvalue weighted by atomic mass is 15.0. The third-order valence-electron chi connectivity index (χ3n) is 9.01. The molecule has 0 fully saturated rings. The molecule has 4 heteroatoms. The third-order valence-corrected chi connectivity index (χ3v) is 9.01. The molecule has 194 valence electrons. The third kappa shape index (κ3) is 2.71. The van der Waals surface area contributed by atoms with Crippen molar-refractivity contribution < 1.29 is 0 Å². The van der Waals surface area contributed by atoms with E-state index in [0.717, 1.165) is 16.9 Å². The van der Waals surface area contributed by atoms with Crippen LogP contribution in [-0.2, 0) is 0 Å². The molecule has 1 aliphatic carbocycles. The highest BCUT2D eigenvalue weighted by molar-refractivity contribution is 6.18. The Kier molecular flexibility index (Phi) is 4.15. The first kappa shape index (κ1) is 22.0. The molecule has 0 radical (unpaired) electrons. The predicted molar refractivity (Wildman–Crippen MR) is 173 cm³/mol. The van der Waals surface area contributed by atoms with E-state index in [9.17, 15) is 0 Å². The molecule has 0 N–H and O–H groups in total. The number of fused-ring (bicyclic) bond motifs is 9. The van der Waals surface area contributed by atoms with Crippen LogP contribution in [0.2, 0.25) is 0 Å². The number of aromatic nitrogens is 4. The van der Waals surface area contributed by atoms with Crippen molar-refractivity contribution in [1.82, 2.24) is 19.1 Å². The summed E-state index contributed by atoms with van der Waals surface area (Å²) >= 11 is 0. The van der Waals surface area contributed by atoms with Crippen LogP contribution < -0.4 is 0 Å². The maximum Gasteiger partial charge on any atom is 0.116 e. The zero-order valence-electron chi connectivity index (χ0n) is 22.5. The molecule has 0 aliphatic heterocycles. The summed E-state index contributed by atoms with van der Waals surface area (Å²) in [4.78, 5) is 9.00. The van der Waals surface area contributed by atoms with Gasteiger partial charge in [-0.25, -0.2) is 9.97 Å². The minimum atomic E-state index is 1.01. The number of rotatable bonds is 2. The van der Waals surface area contributed by atoms with Gasteiger partial charge in [0, 0.05) is 55.3 Å². The van der Waals surface area contributed by atoms with Gasteiger partial charge in [-0.05, 0) is 42.0 Å². The summed E-state index contributed by atoms with van der Waals surface area (Å²) in [6.45, 7) is 0. The molecule has 4 nitrogen and oxygen atoms in total. The maximum atomic E-state index is 4.66. The quantitative estimate of drug-likeness (QED) is 0.221. The van der Waals surface area contributed by atoms with Gasteiger partial charge in [0.15, 0.2) is 0 Å². The molecule has 0 spiro atoms. The number of benzene rings is 6. The molecule has 0 amide bonds. The van der Waals surface area contributed by atoms with Crippen molar-refractivity contribution >= 4 is 54.4 Å². The monoisotopic (exact) mass is 534 g/mol. The predicted octanol–water partition coefficient (Wildman–Crippen LogP) is 9.47. The van der Waals surface area contributed by atoms with Gasteiger partial charge in [-0.2, -0.15) is 0 Å². The second kappa shape index (κ2) is 7.93. The summed E-state index contributed by atoms with van der Waals surface area (Å²) in [6.07, 6.45) is 3.59. The van der Waals surface area contributed by atoms with E-state index in [1.165, 1.54) is 71.2 Å². The summed E-state index contributed by atoms with van der Waals surface area (Å²) in [5.74, 6) is 0. The van der Waals surface area contributed by atoms with Gasteiger partial charge < -0.3 is 9.13 Å². The summed E-state index contributed by atoms with van der Waals surface area (Å²) in [5, 5.41) is 7.49. The molecule has 9 aromatic rings. The van der Waals surface area contributed by atoms with Crippen molar-refractivity contribution in [2.24, 2.45) is 0 Å². The Morgan fingerprint density at radius 3 is 1.83 bits per heavy atom. The highest BCUT2D eigenvalue weighted by Gasteiger charge is 2.25. The van der Waals surface area contributed by atoms with Crippen molar-refractivity contribution in [2.75, 3.05) is 0 Å². The van der Waals surface area contributed by atoms with Gasteiger partial charge >= 0.3 is 0 Å². The van der Waals surface area contributed by atoms with E-state index in [-0.39, 0.29) is 0 Å². The van der Waals surface area contributed by atoms with Gasteiger partial charge in [0.1, 0.15) is 6.33 Å². The Morgan fingerprint density at radius 1 is 0.452 bits per heavy atom. The van der Waals surface area contributed by atoms with Gasteiger partial charge in [0.05, 0.1) is 33.4 Å². The van der Waals surface area contributed by atoms with Gasteiger partial charge in [-0.1, -0.05) is 84.9 Å². The summed E-state index contributed by atoms with van der Waals surface area (Å²) in [5.41, 5.74) is 11.6. The van der Waals surface area contributed by atoms with Crippen LogP contribution in [0.4, 0.5) is 0 Å². The fourth-order valence-electron chi connectivity index (χ4n) is 7.31. The van der Waals surface area contributed by atoms with E-state index in [0.29, 0.717) is 0 Å². The van der Waals surface area contributed by atoms with Gasteiger partial charge in [0.2, 0.25) is 0 Å². The van der Waals surface area contributed by atoms with Gasteiger partial charge in [-0.15, -0.1) is 0 Å². The zero-order chi connectivity index (χ0) is 27.4. The maximum absolute atomic E-state index is 4.66. The van der Waals surface area contributed by atoms with Crippen molar-refractivity contribution in [1.29, 1.82) is 0 Å². The van der Waals surface area contributed by atoms with Crippen molar-refractivity contribution in [3.8, 4) is 33.8 Å². The normalized spacial score (nSPS) is 12.3. The summed E-state index contributed by atoms with van der Waals surface area (Å²) in [7, 11) is 0. The molecule has 0 saturated carbocycles. The Balaban J connectivity index is 1.32. The van der Waals surface area contributed by atoms with Gasteiger partial charge in [-0.3, -0.25) is 0 Å². The van der Waals surface area contributed by atoms with E-state index >= 15 is 0 Å². The molecule has 1 aliphatic rings. The smallest absolute Gasteiger partial charge is 0.116 e. The van der Waals surface area contributed by atoms with E-state index in [4.69, 9.17) is 0 Å². The Labute approximate surface area is 240 Å². The highest BCUT2D eigenvalue weighted by Crippen LogP contribution is 2.48. The lowest BCUT2D eigenvalue weighted by atomic mass is 10.0. The molecule has 0 unspecified atom stereocenters. The molecule has 3 heterocycles. The van der Waals surface area contributed by atoms with Crippen LogP contribution in [0, 0.1) is 0 Å². The number of hydrogen-bond donors (Lipinski definition) is 0. The fraction of sp³-hybridized carbons (Fsp3) is 0. The second-order valence-electron chi connectivity index (χ2n) is 11.1. The molecule has 42 heavy (non-hydrogen) atoms. The molecular formula is C38H22N4. The topological polar surface area (TPSA) is 35.6 Å². The van der Waals surface area contributed by atoms with Crippen LogP contribution in [0.25, 0.3) is 88.1 Å². The first-order valence-electron chi connectivity index (χ1n) is 14.3. The molecule has 6 aromatic carbocycles. The Hall–Kier alpha value is -5.74. The molecular weight excluding hydrogens is 512 g/mol. The zero-order valence-corrected chi connectivity index (χ0v) is 22.5. The average molecular weight is 535 g/mol. The summed E-state index contributed by atoms with van der Waals surface area (Å²) in [6, 6.07) is 44.1. The average Bonchev–Trinajstić information content (AvgIpc) is 3.68. The second-order valence-corrected chi connectivity index (χ2v) is 11.1. The standard InChI is InChI=1S/C38H22N4/c1-4-13-32-24(8-1)25-9-2-5-14-33(25)41(32)23-16-17-27-26-10-3-6-15-34(26)42(36(27)20-23)35-19-18-28-31-21-39-22-40-38(31)30-12-7-11-29(35)37(28)30/h1-22H. The lowest BCUT2D eigenvalue weighted by Crippen LogP contribution is -1.98. The van der Waals surface area contributed by atoms with E-state index < -0.39 is 0 Å². The number of nitrogens with zero attached hydrogens (tertiary/aromatic N) is 4. The first-order valence-corrected chi connectivity index (χ1v) is 14.3. The van der Waals surface area contributed by atoms with Crippen LogP contribution in [-0.4, -0.2) is 19.1 Å². The number of para-hydroxylation sites is 3. The molecule has 10 rings (SSSR count). The Bertz CT molecular complexity index is 2500. The SMILES string of the molecule is c1cc2c3c(ccc(-n4c5ccccc5c5ccc(-n6c7ccccc7c7ccccc76)cc54)c3c1)-c1cncnc1-2. The van der Waals surface area contributed by atoms with Crippen LogP contribution in [0.15, 0.2) is 134 Å². The molecule has 3 aromatic heterocycles. The van der Waals surface area contributed by atoms with Crippen LogP contribution in [0.5, 0.6) is 0 Å². The lowest BCUT2D eigenvalue weighted by Gasteiger charge is -2.14. The number of hydrogen-bond acceptors (Lipinski definition) is 2. The minimum Gasteiger partial charge on any atom is -0.309 e. The van der Waals surface area contributed by atoms with Crippen LogP contribution in [0.3, 0.4) is 0 Å². The van der Waals surface area contributed by atoms with Gasteiger partial charge in [0.25, 0.3) is 0 Å². The minimum absolute atomic E-state index is 1.01.